The molecule has 2 aliphatic heterocycles. The molecule has 7 nitrogen and oxygen atoms in total. The molecule has 2 heterocycles. The quantitative estimate of drug-likeness (QED) is 0.384. The topological polar surface area (TPSA) is 78.4 Å². The second-order valence-electron chi connectivity index (χ2n) is 8.30. The van der Waals surface area contributed by atoms with Crippen molar-refractivity contribution in [2.24, 2.45) is 16.8 Å². The first-order valence-electron chi connectivity index (χ1n) is 10.8. The average Bonchev–Trinajstić information content (AvgIpc) is 3.35. The Morgan fingerprint density at radius 1 is 1.22 bits per heavy atom. The second kappa shape index (κ2) is 11.2. The molecule has 1 saturated carbocycles. The van der Waals surface area contributed by atoms with Crippen molar-refractivity contribution in [1.29, 1.82) is 0 Å². The molecule has 0 amide bonds. The van der Waals surface area contributed by atoms with E-state index >= 15 is 0 Å². The van der Waals surface area contributed by atoms with Gasteiger partial charge in [0.1, 0.15) is 0 Å². The summed E-state index contributed by atoms with van der Waals surface area (Å²) in [5.74, 6) is 2.25. The molecule has 2 saturated heterocycles. The van der Waals surface area contributed by atoms with Crippen LogP contribution in [0, 0.1) is 11.8 Å². The van der Waals surface area contributed by atoms with Gasteiger partial charge in [-0.25, -0.2) is 0 Å². The number of hydrogen-bond donors (Lipinski definition) is 3. The van der Waals surface area contributed by atoms with E-state index in [2.05, 4.69) is 27.4 Å². The van der Waals surface area contributed by atoms with Gasteiger partial charge in [0.2, 0.25) is 0 Å². The largest absolute Gasteiger partial charge is 0.389 e. The van der Waals surface area contributed by atoms with Crippen LogP contribution in [0.2, 0.25) is 0 Å². The van der Waals surface area contributed by atoms with Gasteiger partial charge in [-0.05, 0) is 50.9 Å². The van der Waals surface area contributed by atoms with Crippen molar-refractivity contribution in [1.82, 2.24) is 15.5 Å². The monoisotopic (exact) mass is 382 g/mol. The summed E-state index contributed by atoms with van der Waals surface area (Å²) in [5, 5.41) is 16.9. The molecule has 0 radical (unpaired) electrons. The number of aliphatic hydroxyl groups excluding tert-OH is 1. The van der Waals surface area contributed by atoms with E-state index in [9.17, 15) is 5.11 Å². The highest BCUT2D eigenvalue weighted by atomic mass is 16.5. The summed E-state index contributed by atoms with van der Waals surface area (Å²) < 4.78 is 11.0. The van der Waals surface area contributed by atoms with Crippen molar-refractivity contribution >= 4 is 5.96 Å². The number of nitrogens with one attached hydrogen (secondary N) is 2. The third-order valence-electron chi connectivity index (χ3n) is 5.63. The Morgan fingerprint density at radius 2 is 2.04 bits per heavy atom. The Bertz CT molecular complexity index is 445. The average molecular weight is 383 g/mol. The molecule has 0 bridgehead atoms. The SMILES string of the molecule is CCNC(=NCC(O)COCC1CC1)NC1CCN(CC2CCOC2)CC1. The maximum Gasteiger partial charge on any atom is 0.191 e. The lowest BCUT2D eigenvalue weighted by Gasteiger charge is -2.34. The molecule has 27 heavy (non-hydrogen) atoms. The van der Waals surface area contributed by atoms with E-state index in [1.165, 1.54) is 25.8 Å². The van der Waals surface area contributed by atoms with Crippen molar-refractivity contribution < 1.29 is 14.6 Å². The van der Waals surface area contributed by atoms with Crippen LogP contribution < -0.4 is 10.6 Å². The highest BCUT2D eigenvalue weighted by Gasteiger charge is 2.24. The van der Waals surface area contributed by atoms with Crippen LogP contribution in [0.15, 0.2) is 4.99 Å². The number of aliphatic imine (C=N–C) groups is 1. The number of aliphatic hydroxyl groups is 1. The fourth-order valence-electron chi connectivity index (χ4n) is 3.77. The van der Waals surface area contributed by atoms with Crippen molar-refractivity contribution in [3.8, 4) is 0 Å². The van der Waals surface area contributed by atoms with E-state index in [0.717, 1.165) is 70.1 Å². The zero-order valence-electron chi connectivity index (χ0n) is 16.9. The summed E-state index contributed by atoms with van der Waals surface area (Å²) in [5.41, 5.74) is 0. The minimum Gasteiger partial charge on any atom is -0.389 e. The van der Waals surface area contributed by atoms with Crippen LogP contribution in [0.5, 0.6) is 0 Å². The summed E-state index contributed by atoms with van der Waals surface area (Å²) in [6.07, 6.45) is 5.49. The Balaban J connectivity index is 1.34. The van der Waals surface area contributed by atoms with Gasteiger partial charge in [0, 0.05) is 45.4 Å². The van der Waals surface area contributed by atoms with Crippen molar-refractivity contribution in [3.63, 3.8) is 0 Å². The van der Waals surface area contributed by atoms with Gasteiger partial charge in [-0.15, -0.1) is 0 Å². The molecular formula is C20H38N4O3. The van der Waals surface area contributed by atoms with E-state index < -0.39 is 6.10 Å². The van der Waals surface area contributed by atoms with Crippen LogP contribution >= 0.6 is 0 Å². The summed E-state index contributed by atoms with van der Waals surface area (Å²) in [4.78, 5) is 7.13. The highest BCUT2D eigenvalue weighted by Crippen LogP contribution is 2.28. The summed E-state index contributed by atoms with van der Waals surface area (Å²) in [7, 11) is 0. The molecule has 1 aliphatic carbocycles. The molecule has 2 atom stereocenters. The number of guanidine groups is 1. The smallest absolute Gasteiger partial charge is 0.191 e. The predicted octanol–water partition coefficient (Wildman–Crippen LogP) is 0.830. The summed E-state index contributed by atoms with van der Waals surface area (Å²) in [6.45, 7) is 9.72. The summed E-state index contributed by atoms with van der Waals surface area (Å²) >= 11 is 0. The molecule has 0 aromatic carbocycles. The van der Waals surface area contributed by atoms with Gasteiger partial charge in [-0.1, -0.05) is 0 Å². The van der Waals surface area contributed by atoms with Crippen molar-refractivity contribution in [2.75, 3.05) is 59.2 Å². The van der Waals surface area contributed by atoms with Crippen LogP contribution in [0.4, 0.5) is 0 Å². The van der Waals surface area contributed by atoms with Gasteiger partial charge in [-0.3, -0.25) is 4.99 Å². The zero-order chi connectivity index (χ0) is 18.9. The van der Waals surface area contributed by atoms with E-state index in [1.807, 2.05) is 0 Å². The first-order valence-corrected chi connectivity index (χ1v) is 10.8. The molecule has 3 fully saturated rings. The van der Waals surface area contributed by atoms with Crippen LogP contribution in [0.1, 0.15) is 39.0 Å². The Morgan fingerprint density at radius 3 is 2.70 bits per heavy atom. The van der Waals surface area contributed by atoms with Crippen molar-refractivity contribution in [3.05, 3.63) is 0 Å². The molecular weight excluding hydrogens is 344 g/mol. The lowest BCUT2D eigenvalue weighted by molar-refractivity contribution is 0.0368. The molecule has 0 aromatic heterocycles. The van der Waals surface area contributed by atoms with Crippen LogP contribution in [-0.4, -0.2) is 87.3 Å². The Labute approximate surface area is 163 Å². The lowest BCUT2D eigenvalue weighted by Crippen LogP contribution is -2.49. The fraction of sp³-hybridized carbons (Fsp3) is 0.950. The van der Waals surface area contributed by atoms with Gasteiger partial charge >= 0.3 is 0 Å². The molecule has 0 spiro atoms. The molecule has 3 N–H and O–H groups in total. The number of ether oxygens (including phenoxy) is 2. The first-order chi connectivity index (χ1) is 13.2. The third kappa shape index (κ3) is 7.94. The minimum atomic E-state index is -0.533. The van der Waals surface area contributed by atoms with Crippen LogP contribution in [-0.2, 0) is 9.47 Å². The molecule has 0 aromatic rings. The number of likely N-dealkylation sites (tertiary alicyclic amines) is 1. The zero-order valence-corrected chi connectivity index (χ0v) is 16.9. The van der Waals surface area contributed by atoms with Gasteiger partial charge in [0.05, 0.1) is 25.9 Å². The maximum atomic E-state index is 10.1. The predicted molar refractivity (Wildman–Crippen MR) is 107 cm³/mol. The molecule has 2 unspecified atom stereocenters. The first kappa shape index (κ1) is 20.8. The third-order valence-corrected chi connectivity index (χ3v) is 5.63. The molecule has 3 aliphatic rings. The Hall–Kier alpha value is -0.890. The van der Waals surface area contributed by atoms with E-state index in [1.54, 1.807) is 0 Å². The van der Waals surface area contributed by atoms with Gasteiger partial charge in [0.15, 0.2) is 5.96 Å². The number of piperidine rings is 1. The molecule has 3 rings (SSSR count). The van der Waals surface area contributed by atoms with Crippen LogP contribution in [0.25, 0.3) is 0 Å². The normalized spacial score (nSPS) is 26.3. The second-order valence-corrected chi connectivity index (χ2v) is 8.30. The fourth-order valence-corrected chi connectivity index (χ4v) is 3.77. The minimum absolute atomic E-state index is 0.376. The van der Waals surface area contributed by atoms with E-state index in [0.29, 0.717) is 19.2 Å². The maximum absolute atomic E-state index is 10.1. The van der Waals surface area contributed by atoms with Gasteiger partial charge < -0.3 is 30.1 Å². The van der Waals surface area contributed by atoms with E-state index in [4.69, 9.17) is 9.47 Å². The molecule has 156 valence electrons. The highest BCUT2D eigenvalue weighted by molar-refractivity contribution is 5.80. The van der Waals surface area contributed by atoms with Crippen molar-refractivity contribution in [2.45, 2.75) is 51.2 Å². The standard InChI is InChI=1S/C20H38N4O3/c1-2-21-20(22-11-19(25)15-27-13-16-3-4-16)23-18-5-8-24(9-6-18)12-17-7-10-26-14-17/h16-19,25H,2-15H2,1H3,(H2,21,22,23). The number of nitrogens with zero attached hydrogens (tertiary/aromatic N) is 2. The Kier molecular flexibility index (Phi) is 8.64. The lowest BCUT2D eigenvalue weighted by atomic mass is 10.0. The van der Waals surface area contributed by atoms with Gasteiger partial charge in [-0.2, -0.15) is 0 Å². The van der Waals surface area contributed by atoms with Gasteiger partial charge in [0.25, 0.3) is 0 Å². The summed E-state index contributed by atoms with van der Waals surface area (Å²) in [6, 6.07) is 0.446. The van der Waals surface area contributed by atoms with E-state index in [-0.39, 0.29) is 0 Å². The number of rotatable bonds is 10. The van der Waals surface area contributed by atoms with Crippen LogP contribution in [0.3, 0.4) is 0 Å². The number of hydrogen-bond acceptors (Lipinski definition) is 5. The molecule has 7 heteroatoms.